The van der Waals surface area contributed by atoms with Crippen LogP contribution in [-0.2, 0) is 0 Å². The molecule has 82 valence electrons. The molecular weight excluding hydrogens is 208 g/mol. The first-order chi connectivity index (χ1) is 6.91. The van der Waals surface area contributed by atoms with Crippen molar-refractivity contribution in [3.63, 3.8) is 0 Å². The average molecular weight is 217 g/mol. The molecule has 1 aromatic rings. The number of ether oxygens (including phenoxy) is 1. The number of nitrogens with zero attached hydrogens (tertiary/aromatic N) is 1. The van der Waals surface area contributed by atoms with Gasteiger partial charge in [0, 0.05) is 6.07 Å². The van der Waals surface area contributed by atoms with Gasteiger partial charge in [-0.3, -0.25) is 10.1 Å². The highest BCUT2D eigenvalue weighted by atomic mass is 19.1. The van der Waals surface area contributed by atoms with Gasteiger partial charge in [-0.25, -0.2) is 4.39 Å². The third-order valence-corrected chi connectivity index (χ3v) is 1.56. The molecule has 0 aliphatic carbocycles. The Morgan fingerprint density at radius 3 is 2.40 bits per heavy atom. The van der Waals surface area contributed by atoms with Crippen molar-refractivity contribution >= 4 is 5.69 Å². The number of nitro benzene ring substituents is 1. The van der Waals surface area contributed by atoms with Crippen LogP contribution in [-0.4, -0.2) is 11.0 Å². The van der Waals surface area contributed by atoms with Gasteiger partial charge in [-0.05, 0) is 13.8 Å². The Kier molecular flexibility index (Phi) is 3.18. The van der Waals surface area contributed by atoms with E-state index in [0.29, 0.717) is 12.1 Å². The summed E-state index contributed by atoms with van der Waals surface area (Å²) in [5.74, 6) is -2.39. The maximum Gasteiger partial charge on any atom is 0.307 e. The third-order valence-electron chi connectivity index (χ3n) is 1.56. The molecular formula is C9H9F2NO3. The quantitative estimate of drug-likeness (QED) is 0.577. The van der Waals surface area contributed by atoms with Crippen LogP contribution in [0.4, 0.5) is 14.5 Å². The van der Waals surface area contributed by atoms with Gasteiger partial charge >= 0.3 is 5.69 Å². The molecule has 1 aromatic carbocycles. The van der Waals surface area contributed by atoms with Gasteiger partial charge < -0.3 is 4.74 Å². The smallest absolute Gasteiger partial charge is 0.307 e. The number of hydrogen-bond acceptors (Lipinski definition) is 3. The Balaban J connectivity index is 3.13. The van der Waals surface area contributed by atoms with Gasteiger partial charge in [0.2, 0.25) is 5.82 Å². The minimum absolute atomic E-state index is 0.326. The van der Waals surface area contributed by atoms with E-state index in [1.54, 1.807) is 13.8 Å². The second-order valence-corrected chi connectivity index (χ2v) is 3.16. The number of rotatable bonds is 3. The number of hydrogen-bond donors (Lipinski definition) is 0. The van der Waals surface area contributed by atoms with E-state index in [-0.39, 0.29) is 11.9 Å². The molecule has 0 radical (unpaired) electrons. The largest absolute Gasteiger partial charge is 0.488 e. The van der Waals surface area contributed by atoms with Crippen molar-refractivity contribution < 1.29 is 18.4 Å². The molecule has 0 saturated heterocycles. The van der Waals surface area contributed by atoms with Crippen molar-refractivity contribution in [2.75, 3.05) is 0 Å². The normalized spacial score (nSPS) is 10.5. The van der Waals surface area contributed by atoms with Crippen molar-refractivity contribution in [3.8, 4) is 5.75 Å². The van der Waals surface area contributed by atoms with Crippen LogP contribution in [0.1, 0.15) is 13.8 Å². The van der Waals surface area contributed by atoms with E-state index in [4.69, 9.17) is 4.74 Å². The van der Waals surface area contributed by atoms with Crippen LogP contribution in [0, 0.1) is 21.7 Å². The highest BCUT2D eigenvalue weighted by Crippen LogP contribution is 2.26. The average Bonchev–Trinajstić information content (AvgIpc) is 2.09. The molecule has 4 nitrogen and oxygen atoms in total. The summed E-state index contributed by atoms with van der Waals surface area (Å²) in [6.07, 6.45) is -0.333. The molecule has 0 amide bonds. The Morgan fingerprint density at radius 1 is 1.33 bits per heavy atom. The summed E-state index contributed by atoms with van der Waals surface area (Å²) in [7, 11) is 0. The van der Waals surface area contributed by atoms with Crippen molar-refractivity contribution in [1.29, 1.82) is 0 Å². The van der Waals surface area contributed by atoms with Crippen molar-refractivity contribution in [2.24, 2.45) is 0 Å². The second-order valence-electron chi connectivity index (χ2n) is 3.16. The van der Waals surface area contributed by atoms with E-state index < -0.39 is 22.2 Å². The molecule has 0 aliphatic rings. The Hall–Kier alpha value is -1.72. The second kappa shape index (κ2) is 4.20. The SMILES string of the molecule is CC(C)Oc1cc(F)c([N+](=O)[O-])cc1F. The molecule has 0 aromatic heterocycles. The van der Waals surface area contributed by atoms with Crippen LogP contribution >= 0.6 is 0 Å². The first-order valence-corrected chi connectivity index (χ1v) is 4.22. The third kappa shape index (κ3) is 2.61. The molecule has 0 unspecified atom stereocenters. The molecule has 0 saturated carbocycles. The van der Waals surface area contributed by atoms with Gasteiger partial charge in [0.15, 0.2) is 11.6 Å². The van der Waals surface area contributed by atoms with Crippen LogP contribution < -0.4 is 4.74 Å². The molecule has 0 fully saturated rings. The predicted octanol–water partition coefficient (Wildman–Crippen LogP) is 2.66. The highest BCUT2D eigenvalue weighted by Gasteiger charge is 2.19. The lowest BCUT2D eigenvalue weighted by Crippen LogP contribution is -2.07. The highest BCUT2D eigenvalue weighted by molar-refractivity contribution is 5.39. The van der Waals surface area contributed by atoms with Crippen molar-refractivity contribution in [1.82, 2.24) is 0 Å². The van der Waals surface area contributed by atoms with E-state index in [1.807, 2.05) is 0 Å². The summed E-state index contributed by atoms with van der Waals surface area (Å²) in [4.78, 5) is 9.28. The summed E-state index contributed by atoms with van der Waals surface area (Å²) in [6.45, 7) is 3.28. The van der Waals surface area contributed by atoms with Crippen LogP contribution in [0.5, 0.6) is 5.75 Å². The molecule has 6 heteroatoms. The van der Waals surface area contributed by atoms with Crippen molar-refractivity contribution in [2.45, 2.75) is 20.0 Å². The number of nitro groups is 1. The Bertz CT molecular complexity index is 393. The maximum atomic E-state index is 13.2. The molecule has 0 atom stereocenters. The zero-order valence-electron chi connectivity index (χ0n) is 8.16. The first kappa shape index (κ1) is 11.4. The van der Waals surface area contributed by atoms with Crippen LogP contribution in [0.2, 0.25) is 0 Å². The number of benzene rings is 1. The van der Waals surface area contributed by atoms with Crippen molar-refractivity contribution in [3.05, 3.63) is 33.9 Å². The van der Waals surface area contributed by atoms with Gasteiger partial charge in [-0.1, -0.05) is 0 Å². The fraction of sp³-hybridized carbons (Fsp3) is 0.333. The molecule has 0 spiro atoms. The van der Waals surface area contributed by atoms with E-state index >= 15 is 0 Å². The van der Waals surface area contributed by atoms with Gasteiger partial charge in [0.25, 0.3) is 0 Å². The summed E-state index contributed by atoms with van der Waals surface area (Å²) in [6, 6.07) is 1.18. The lowest BCUT2D eigenvalue weighted by molar-refractivity contribution is -0.387. The molecule has 1 rings (SSSR count). The van der Waals surface area contributed by atoms with E-state index in [2.05, 4.69) is 0 Å². The molecule has 15 heavy (non-hydrogen) atoms. The predicted molar refractivity (Wildman–Crippen MR) is 48.8 cm³/mol. The summed E-state index contributed by atoms with van der Waals surface area (Å²) < 4.78 is 31.1. The zero-order valence-corrected chi connectivity index (χ0v) is 8.16. The first-order valence-electron chi connectivity index (χ1n) is 4.22. The standard InChI is InChI=1S/C9H9F2NO3/c1-5(2)15-9-4-6(10)8(12(13)14)3-7(9)11/h3-5H,1-2H3. The topological polar surface area (TPSA) is 52.4 Å². The molecule has 0 bridgehead atoms. The minimum Gasteiger partial charge on any atom is -0.488 e. The Morgan fingerprint density at radius 2 is 1.93 bits per heavy atom. The molecule has 0 aliphatic heterocycles. The van der Waals surface area contributed by atoms with Gasteiger partial charge in [0.1, 0.15) is 0 Å². The maximum absolute atomic E-state index is 13.2. The summed E-state index contributed by atoms with van der Waals surface area (Å²) in [5, 5.41) is 10.3. The lowest BCUT2D eigenvalue weighted by Gasteiger charge is -2.10. The molecule has 0 heterocycles. The fourth-order valence-electron chi connectivity index (χ4n) is 1.00. The van der Waals surface area contributed by atoms with Gasteiger partial charge in [0.05, 0.1) is 17.1 Å². The molecule has 0 N–H and O–H groups in total. The van der Waals surface area contributed by atoms with Gasteiger partial charge in [-0.15, -0.1) is 0 Å². The van der Waals surface area contributed by atoms with Crippen LogP contribution in [0.3, 0.4) is 0 Å². The zero-order chi connectivity index (χ0) is 11.6. The van der Waals surface area contributed by atoms with Gasteiger partial charge in [-0.2, -0.15) is 4.39 Å². The fourth-order valence-corrected chi connectivity index (χ4v) is 1.00. The summed E-state index contributed by atoms with van der Waals surface area (Å²) >= 11 is 0. The number of halogens is 2. The van der Waals surface area contributed by atoms with E-state index in [1.165, 1.54) is 0 Å². The van der Waals surface area contributed by atoms with Crippen LogP contribution in [0.15, 0.2) is 12.1 Å². The van der Waals surface area contributed by atoms with Crippen LogP contribution in [0.25, 0.3) is 0 Å². The Labute approximate surface area is 84.6 Å². The van der Waals surface area contributed by atoms with E-state index in [9.17, 15) is 18.9 Å². The minimum atomic E-state index is -1.11. The van der Waals surface area contributed by atoms with E-state index in [0.717, 1.165) is 0 Å². The monoisotopic (exact) mass is 217 g/mol. The summed E-state index contributed by atoms with van der Waals surface area (Å²) in [5.41, 5.74) is -0.899. The lowest BCUT2D eigenvalue weighted by atomic mass is 10.2.